The monoisotopic (exact) mass is 317 g/mol. The average molecular weight is 317 g/mol. The Morgan fingerprint density at radius 1 is 1.41 bits per heavy atom. The summed E-state index contributed by atoms with van der Waals surface area (Å²) in [6, 6.07) is 9.99. The molecule has 0 saturated carbocycles. The van der Waals surface area contributed by atoms with E-state index in [2.05, 4.69) is 16.9 Å². The van der Waals surface area contributed by atoms with Crippen LogP contribution in [0.1, 0.15) is 11.3 Å². The first kappa shape index (κ1) is 16.3. The summed E-state index contributed by atoms with van der Waals surface area (Å²) in [6.45, 7) is 4.56. The van der Waals surface area contributed by atoms with Gasteiger partial charge in [0.1, 0.15) is 0 Å². The number of aliphatic hydroxyl groups is 1. The number of nitrogens with one attached hydrogen (secondary N) is 1. The van der Waals surface area contributed by atoms with Crippen LogP contribution >= 0.6 is 11.8 Å². The molecule has 0 spiro atoms. The van der Waals surface area contributed by atoms with Gasteiger partial charge in [-0.2, -0.15) is 0 Å². The van der Waals surface area contributed by atoms with Crippen LogP contribution in [-0.4, -0.2) is 32.9 Å². The van der Waals surface area contributed by atoms with Gasteiger partial charge in [0.05, 0.1) is 18.1 Å². The number of carbonyl (C=O) groups is 1. The third-order valence-corrected chi connectivity index (χ3v) is 3.91. The van der Waals surface area contributed by atoms with Gasteiger partial charge < -0.3 is 15.0 Å². The Hall–Kier alpha value is -2.05. The van der Waals surface area contributed by atoms with Gasteiger partial charge >= 0.3 is 0 Å². The van der Waals surface area contributed by atoms with Crippen molar-refractivity contribution < 1.29 is 9.90 Å². The lowest BCUT2D eigenvalue weighted by molar-refractivity contribution is -0.118. The van der Waals surface area contributed by atoms with Crippen LogP contribution in [0, 0.1) is 0 Å². The zero-order chi connectivity index (χ0) is 15.8. The minimum Gasteiger partial charge on any atom is -0.390 e. The van der Waals surface area contributed by atoms with E-state index in [1.54, 1.807) is 6.08 Å². The molecule has 0 fully saturated rings. The van der Waals surface area contributed by atoms with Crippen molar-refractivity contribution in [2.75, 3.05) is 12.3 Å². The van der Waals surface area contributed by atoms with Crippen molar-refractivity contribution >= 4 is 17.7 Å². The predicted molar refractivity (Wildman–Crippen MR) is 87.6 cm³/mol. The number of aromatic nitrogens is 2. The van der Waals surface area contributed by atoms with Crippen LogP contribution in [0.4, 0.5) is 0 Å². The molecular weight excluding hydrogens is 298 g/mol. The highest BCUT2D eigenvalue weighted by atomic mass is 32.2. The molecule has 0 aliphatic carbocycles. The van der Waals surface area contributed by atoms with Gasteiger partial charge in [0.25, 0.3) is 0 Å². The molecule has 22 heavy (non-hydrogen) atoms. The molecule has 5 nitrogen and oxygen atoms in total. The van der Waals surface area contributed by atoms with Gasteiger partial charge in [-0.1, -0.05) is 48.2 Å². The van der Waals surface area contributed by atoms with E-state index in [0.717, 1.165) is 10.7 Å². The maximum Gasteiger partial charge on any atom is 0.230 e. The summed E-state index contributed by atoms with van der Waals surface area (Å²) in [6.07, 6.45) is 3.46. The topological polar surface area (TPSA) is 67.2 Å². The van der Waals surface area contributed by atoms with Crippen molar-refractivity contribution in [1.82, 2.24) is 14.9 Å². The zero-order valence-corrected chi connectivity index (χ0v) is 13.1. The van der Waals surface area contributed by atoms with Gasteiger partial charge in [0.2, 0.25) is 5.91 Å². The van der Waals surface area contributed by atoms with Crippen LogP contribution < -0.4 is 5.32 Å². The summed E-state index contributed by atoms with van der Waals surface area (Å²) in [5, 5.41) is 12.7. The molecule has 1 aromatic heterocycles. The maximum atomic E-state index is 11.7. The Morgan fingerprint density at radius 3 is 2.86 bits per heavy atom. The molecule has 6 heteroatoms. The fraction of sp³-hybridized carbons (Fsp3) is 0.250. The Balaban J connectivity index is 2.04. The van der Waals surface area contributed by atoms with Gasteiger partial charge in [-0.15, -0.1) is 6.58 Å². The summed E-state index contributed by atoms with van der Waals surface area (Å²) >= 11 is 1.36. The summed E-state index contributed by atoms with van der Waals surface area (Å²) in [5.41, 5.74) is 1.74. The van der Waals surface area contributed by atoms with E-state index < -0.39 is 0 Å². The largest absolute Gasteiger partial charge is 0.390 e. The van der Waals surface area contributed by atoms with Crippen LogP contribution in [0.3, 0.4) is 0 Å². The average Bonchev–Trinajstić information content (AvgIpc) is 2.94. The second-order valence-corrected chi connectivity index (χ2v) is 5.61. The number of thioether (sulfide) groups is 1. The maximum absolute atomic E-state index is 11.7. The van der Waals surface area contributed by atoms with Crippen LogP contribution in [0.25, 0.3) is 0 Å². The number of aliphatic hydroxyl groups excluding tert-OH is 1. The van der Waals surface area contributed by atoms with E-state index in [1.807, 2.05) is 41.1 Å². The second-order valence-electron chi connectivity index (χ2n) is 4.67. The first-order valence-electron chi connectivity index (χ1n) is 6.94. The van der Waals surface area contributed by atoms with Crippen LogP contribution in [0.2, 0.25) is 0 Å². The summed E-state index contributed by atoms with van der Waals surface area (Å²) < 4.78 is 1.95. The number of hydrogen-bond donors (Lipinski definition) is 2. The van der Waals surface area contributed by atoms with E-state index in [1.165, 1.54) is 11.8 Å². The van der Waals surface area contributed by atoms with E-state index in [9.17, 15) is 9.90 Å². The van der Waals surface area contributed by atoms with Gasteiger partial charge in [-0.3, -0.25) is 4.79 Å². The lowest BCUT2D eigenvalue weighted by Gasteiger charge is -2.07. The van der Waals surface area contributed by atoms with Gasteiger partial charge in [0, 0.05) is 19.3 Å². The van der Waals surface area contributed by atoms with Crippen LogP contribution in [0.15, 0.2) is 54.3 Å². The predicted octanol–water partition coefficient (Wildman–Crippen LogP) is 1.82. The first-order chi connectivity index (χ1) is 10.7. The molecule has 1 aromatic carbocycles. The lowest BCUT2D eigenvalue weighted by atomic mass is 10.2. The second kappa shape index (κ2) is 8.41. The molecule has 1 heterocycles. The fourth-order valence-electron chi connectivity index (χ4n) is 1.90. The quantitative estimate of drug-likeness (QED) is 0.576. The summed E-state index contributed by atoms with van der Waals surface area (Å²) in [7, 11) is 0. The van der Waals surface area contributed by atoms with Crippen molar-refractivity contribution in [3.8, 4) is 0 Å². The van der Waals surface area contributed by atoms with Crippen molar-refractivity contribution in [1.29, 1.82) is 0 Å². The van der Waals surface area contributed by atoms with Crippen LogP contribution in [-0.2, 0) is 17.9 Å². The van der Waals surface area contributed by atoms with E-state index in [-0.39, 0.29) is 18.3 Å². The standard InChI is InChI=1S/C16H19N3O2S/c1-2-8-17-15(21)12-22-16-18-14(11-20)10-19(16)9-13-6-4-3-5-7-13/h2-7,10,20H,1,8-9,11-12H2,(H,17,21). The van der Waals surface area contributed by atoms with Crippen molar-refractivity contribution in [2.45, 2.75) is 18.3 Å². The number of carbonyl (C=O) groups excluding carboxylic acids is 1. The summed E-state index contributed by atoms with van der Waals surface area (Å²) in [4.78, 5) is 16.0. The molecule has 0 radical (unpaired) electrons. The third kappa shape index (κ3) is 4.75. The molecule has 1 amide bonds. The highest BCUT2D eigenvalue weighted by Crippen LogP contribution is 2.19. The fourth-order valence-corrected chi connectivity index (χ4v) is 2.73. The van der Waals surface area contributed by atoms with Crippen molar-refractivity contribution in [3.63, 3.8) is 0 Å². The molecule has 0 aliphatic rings. The highest BCUT2D eigenvalue weighted by molar-refractivity contribution is 7.99. The number of rotatable bonds is 8. The van der Waals surface area contributed by atoms with E-state index in [4.69, 9.17) is 0 Å². The number of benzene rings is 1. The molecule has 2 N–H and O–H groups in total. The number of imidazole rings is 1. The van der Waals surface area contributed by atoms with Gasteiger partial charge in [-0.05, 0) is 5.56 Å². The Kier molecular flexibility index (Phi) is 6.24. The minimum atomic E-state index is -0.113. The normalized spacial score (nSPS) is 10.4. The molecule has 116 valence electrons. The number of nitrogens with zero attached hydrogens (tertiary/aromatic N) is 2. The molecule has 2 rings (SSSR count). The molecule has 2 aromatic rings. The van der Waals surface area contributed by atoms with E-state index >= 15 is 0 Å². The Morgan fingerprint density at radius 2 is 2.18 bits per heavy atom. The number of hydrogen-bond acceptors (Lipinski definition) is 4. The van der Waals surface area contributed by atoms with Crippen LogP contribution in [0.5, 0.6) is 0 Å². The Bertz CT molecular complexity index is 626. The Labute approximate surface area is 134 Å². The number of amides is 1. The van der Waals surface area contributed by atoms with Crippen molar-refractivity contribution in [3.05, 3.63) is 60.4 Å². The summed E-state index contributed by atoms with van der Waals surface area (Å²) in [5.74, 6) is 0.217. The molecule has 0 aliphatic heterocycles. The molecule has 0 bridgehead atoms. The zero-order valence-electron chi connectivity index (χ0n) is 12.2. The highest BCUT2D eigenvalue weighted by Gasteiger charge is 2.11. The molecular formula is C16H19N3O2S. The molecule has 0 unspecified atom stereocenters. The van der Waals surface area contributed by atoms with E-state index in [0.29, 0.717) is 18.8 Å². The lowest BCUT2D eigenvalue weighted by Crippen LogP contribution is -2.25. The van der Waals surface area contributed by atoms with Gasteiger partial charge in [0.15, 0.2) is 5.16 Å². The third-order valence-electron chi connectivity index (χ3n) is 2.92. The van der Waals surface area contributed by atoms with Crippen molar-refractivity contribution in [2.24, 2.45) is 0 Å². The SMILES string of the molecule is C=CCNC(=O)CSc1nc(CO)cn1Cc1ccccc1. The smallest absolute Gasteiger partial charge is 0.230 e. The minimum absolute atomic E-state index is 0.0651. The van der Waals surface area contributed by atoms with Gasteiger partial charge in [-0.25, -0.2) is 4.98 Å². The first-order valence-corrected chi connectivity index (χ1v) is 7.92. The molecule has 0 saturated heterocycles. The molecule has 0 atom stereocenters.